The maximum Gasteiger partial charge on any atom is 0.251 e. The number of methoxy groups -OCH3 is 1. The number of nitrogens with zero attached hydrogens (tertiary/aromatic N) is 2. The molecule has 0 radical (unpaired) electrons. The first-order chi connectivity index (χ1) is 21.7. The van der Waals surface area contributed by atoms with Crippen LogP contribution in [0.1, 0.15) is 40.9 Å². The molecule has 248 valence electrons. The third-order valence-electron chi connectivity index (χ3n) is 6.95. The zero-order valence-corrected chi connectivity index (χ0v) is 27.3. The molecule has 0 saturated heterocycles. The number of aliphatic hydroxyl groups is 1. The van der Waals surface area contributed by atoms with Gasteiger partial charge in [0.2, 0.25) is 10.0 Å². The van der Waals surface area contributed by atoms with Gasteiger partial charge < -0.3 is 25.3 Å². The number of carbonyl (C=O) groups excluding carboxylic acids is 1. The molecule has 3 rings (SSSR count). The van der Waals surface area contributed by atoms with E-state index in [1.165, 1.54) is 19.2 Å². The van der Waals surface area contributed by atoms with Gasteiger partial charge >= 0.3 is 0 Å². The smallest absolute Gasteiger partial charge is 0.251 e. The van der Waals surface area contributed by atoms with Crippen LogP contribution < -0.4 is 19.7 Å². The first kappa shape index (κ1) is 36.1. The lowest BCUT2D eigenvalue weighted by Gasteiger charge is -2.26. The molecule has 3 aromatic carbocycles. The molecule has 0 saturated carbocycles. The lowest BCUT2D eigenvalue weighted by atomic mass is 9.99. The fraction of sp³-hybridized carbons (Fsp3) is 0.333. The van der Waals surface area contributed by atoms with E-state index < -0.39 is 39.7 Å². The molecule has 3 N–H and O–H groups in total. The highest BCUT2D eigenvalue weighted by Gasteiger charge is 2.25. The number of amides is 1. The van der Waals surface area contributed by atoms with Crippen LogP contribution in [0.5, 0.6) is 5.75 Å². The highest BCUT2D eigenvalue weighted by Crippen LogP contribution is 2.22. The average Bonchev–Trinajstić information content (AvgIpc) is 2.98. The van der Waals surface area contributed by atoms with Crippen molar-refractivity contribution in [2.75, 3.05) is 37.9 Å². The SMILES string of the molecule is C=C(C)CO/N=C(\C)c1cc(C(=O)N[C@@H](Cc2cc(F)cc(F)c2)[C@H](O)CNCc2cccc(OC)c2)cc(N(C)S(C)(=O)=O)c1. The van der Waals surface area contributed by atoms with Crippen molar-refractivity contribution in [3.63, 3.8) is 0 Å². The van der Waals surface area contributed by atoms with E-state index in [0.29, 0.717) is 23.6 Å². The summed E-state index contributed by atoms with van der Waals surface area (Å²) in [6.45, 7) is 7.73. The third kappa shape index (κ3) is 10.9. The summed E-state index contributed by atoms with van der Waals surface area (Å²) in [6.07, 6.45) is -0.270. The maximum atomic E-state index is 14.0. The third-order valence-corrected chi connectivity index (χ3v) is 8.15. The molecule has 0 bridgehead atoms. The fourth-order valence-corrected chi connectivity index (χ4v) is 4.91. The summed E-state index contributed by atoms with van der Waals surface area (Å²) in [5.41, 5.74) is 2.87. The Hall–Kier alpha value is -4.33. The van der Waals surface area contributed by atoms with Crippen LogP contribution in [0.3, 0.4) is 0 Å². The quantitative estimate of drug-likeness (QED) is 0.120. The number of hydrogen-bond acceptors (Lipinski definition) is 8. The van der Waals surface area contributed by atoms with Crippen LogP contribution in [0.25, 0.3) is 0 Å². The number of rotatable bonds is 16. The van der Waals surface area contributed by atoms with Gasteiger partial charge in [0.15, 0.2) is 0 Å². The molecule has 13 heteroatoms. The van der Waals surface area contributed by atoms with E-state index in [1.807, 2.05) is 18.2 Å². The van der Waals surface area contributed by atoms with Crippen molar-refractivity contribution in [2.24, 2.45) is 5.16 Å². The number of oxime groups is 1. The van der Waals surface area contributed by atoms with E-state index in [0.717, 1.165) is 39.9 Å². The van der Waals surface area contributed by atoms with Gasteiger partial charge in [0.1, 0.15) is 24.0 Å². The van der Waals surface area contributed by atoms with Gasteiger partial charge in [-0.25, -0.2) is 17.2 Å². The molecule has 0 aliphatic heterocycles. The van der Waals surface area contributed by atoms with E-state index in [9.17, 15) is 27.1 Å². The van der Waals surface area contributed by atoms with Crippen molar-refractivity contribution in [3.8, 4) is 5.75 Å². The summed E-state index contributed by atoms with van der Waals surface area (Å²) >= 11 is 0. The van der Waals surface area contributed by atoms with Gasteiger partial charge in [0.25, 0.3) is 5.91 Å². The Kier molecular flexibility index (Phi) is 12.8. The molecule has 2 atom stereocenters. The van der Waals surface area contributed by atoms with Crippen LogP contribution in [-0.2, 0) is 27.8 Å². The second kappa shape index (κ2) is 16.3. The standard InChI is InChI=1S/C33H40F2N4O6S/c1-21(2)20-45-38-22(3)25-14-26(16-29(15-25)39(4)46(6,42)43)33(41)37-31(13-24-10-27(34)17-28(35)11-24)32(40)19-36-18-23-8-7-9-30(12-23)44-5/h7-12,14-17,31-32,36,40H,1,13,18-20H2,2-6H3,(H,37,41)/b38-22+/t31-,32+/m0/s1. The monoisotopic (exact) mass is 658 g/mol. The molecular formula is C33H40F2N4O6S. The molecular weight excluding hydrogens is 618 g/mol. The molecule has 0 aliphatic carbocycles. The Bertz CT molecular complexity index is 1660. The average molecular weight is 659 g/mol. The topological polar surface area (TPSA) is 130 Å². The van der Waals surface area contributed by atoms with Crippen LogP contribution in [0.4, 0.5) is 14.5 Å². The Morgan fingerprint density at radius 3 is 2.35 bits per heavy atom. The minimum absolute atomic E-state index is 0.0217. The van der Waals surface area contributed by atoms with Crippen LogP contribution in [0.2, 0.25) is 0 Å². The van der Waals surface area contributed by atoms with Crippen LogP contribution >= 0.6 is 0 Å². The van der Waals surface area contributed by atoms with Gasteiger partial charge in [-0.2, -0.15) is 0 Å². The predicted molar refractivity (Wildman–Crippen MR) is 175 cm³/mol. The lowest BCUT2D eigenvalue weighted by Crippen LogP contribution is -2.48. The lowest BCUT2D eigenvalue weighted by molar-refractivity contribution is 0.0830. The van der Waals surface area contributed by atoms with Crippen LogP contribution in [0.15, 0.2) is 78.0 Å². The number of hydrogen-bond donors (Lipinski definition) is 3. The Morgan fingerprint density at radius 2 is 1.72 bits per heavy atom. The minimum Gasteiger partial charge on any atom is -0.497 e. The van der Waals surface area contributed by atoms with Crippen molar-refractivity contribution < 1.29 is 36.7 Å². The zero-order valence-electron chi connectivity index (χ0n) is 26.5. The number of anilines is 1. The number of aliphatic hydroxyl groups excluding tert-OH is 1. The Labute approximate surface area is 268 Å². The Morgan fingerprint density at radius 1 is 1.04 bits per heavy atom. The van der Waals surface area contributed by atoms with Crippen molar-refractivity contribution >= 4 is 27.3 Å². The van der Waals surface area contributed by atoms with Gasteiger partial charge in [-0.05, 0) is 79.4 Å². The molecule has 46 heavy (non-hydrogen) atoms. The van der Waals surface area contributed by atoms with Gasteiger partial charge in [-0.3, -0.25) is 9.10 Å². The maximum absolute atomic E-state index is 14.0. The van der Waals surface area contributed by atoms with Gasteiger partial charge in [-0.15, -0.1) is 0 Å². The fourth-order valence-electron chi connectivity index (χ4n) is 4.42. The van der Waals surface area contributed by atoms with Crippen molar-refractivity contribution in [1.82, 2.24) is 10.6 Å². The summed E-state index contributed by atoms with van der Waals surface area (Å²) in [5.74, 6) is -1.58. The van der Waals surface area contributed by atoms with Gasteiger partial charge in [-0.1, -0.05) is 23.9 Å². The highest BCUT2D eigenvalue weighted by molar-refractivity contribution is 7.92. The second-order valence-electron chi connectivity index (χ2n) is 11.0. The van der Waals surface area contributed by atoms with E-state index in [4.69, 9.17) is 9.57 Å². The number of halogens is 2. The van der Waals surface area contributed by atoms with E-state index in [-0.39, 0.29) is 36.4 Å². The molecule has 1 amide bonds. The van der Waals surface area contributed by atoms with E-state index in [1.54, 1.807) is 33.1 Å². The normalized spacial score (nSPS) is 13.1. The van der Waals surface area contributed by atoms with Crippen molar-refractivity contribution in [3.05, 3.63) is 107 Å². The van der Waals surface area contributed by atoms with Crippen LogP contribution in [-0.4, -0.2) is 70.9 Å². The summed E-state index contributed by atoms with van der Waals surface area (Å²) < 4.78 is 59.0. The number of sulfonamides is 1. The summed E-state index contributed by atoms with van der Waals surface area (Å²) in [7, 11) is -0.796. The number of benzene rings is 3. The molecule has 0 aromatic heterocycles. The molecule has 0 aliphatic rings. The molecule has 0 unspecified atom stereocenters. The van der Waals surface area contributed by atoms with Crippen LogP contribution in [0, 0.1) is 11.6 Å². The van der Waals surface area contributed by atoms with Gasteiger partial charge in [0.05, 0.1) is 36.9 Å². The largest absolute Gasteiger partial charge is 0.497 e. The first-order valence-electron chi connectivity index (χ1n) is 14.3. The predicted octanol–water partition coefficient (Wildman–Crippen LogP) is 4.18. The summed E-state index contributed by atoms with van der Waals surface area (Å²) in [4.78, 5) is 19.0. The number of nitrogens with one attached hydrogen (secondary N) is 2. The molecule has 0 fully saturated rings. The first-order valence-corrected chi connectivity index (χ1v) is 16.2. The Balaban J connectivity index is 1.92. The summed E-state index contributed by atoms with van der Waals surface area (Å²) in [6, 6.07) is 13.8. The molecule has 0 heterocycles. The number of ether oxygens (including phenoxy) is 1. The molecule has 0 spiro atoms. The van der Waals surface area contributed by atoms with Crippen molar-refractivity contribution in [2.45, 2.75) is 39.0 Å². The molecule has 3 aromatic rings. The van der Waals surface area contributed by atoms with Crippen molar-refractivity contribution in [1.29, 1.82) is 0 Å². The zero-order chi connectivity index (χ0) is 34.0. The minimum atomic E-state index is -3.70. The highest BCUT2D eigenvalue weighted by atomic mass is 32.2. The molecule has 10 nitrogen and oxygen atoms in total. The number of carbonyl (C=O) groups is 1. The summed E-state index contributed by atoms with van der Waals surface area (Å²) in [5, 5.41) is 21.2. The van der Waals surface area contributed by atoms with E-state index >= 15 is 0 Å². The van der Waals surface area contributed by atoms with E-state index in [2.05, 4.69) is 22.4 Å². The second-order valence-corrected chi connectivity index (χ2v) is 13.0. The van der Waals surface area contributed by atoms with Gasteiger partial charge in [0, 0.05) is 37.3 Å².